The minimum atomic E-state index is 0.0736. The lowest BCUT2D eigenvalue weighted by Gasteiger charge is -2.39. The third-order valence-corrected chi connectivity index (χ3v) is 6.92. The topological polar surface area (TPSA) is 66.6 Å². The minimum Gasteiger partial charge on any atom is -0.335 e. The van der Waals surface area contributed by atoms with Gasteiger partial charge in [-0.3, -0.25) is 9.69 Å². The molecule has 1 amide bonds. The molecule has 1 aliphatic carbocycles. The molecular weight excluding hydrogens is 360 g/mol. The first-order valence-corrected chi connectivity index (χ1v) is 10.3. The average molecular weight is 382 g/mol. The molecule has 3 aromatic rings. The van der Waals surface area contributed by atoms with Crippen molar-refractivity contribution in [3.8, 4) is 0 Å². The van der Waals surface area contributed by atoms with Crippen LogP contribution in [0, 0.1) is 0 Å². The van der Waals surface area contributed by atoms with Crippen molar-refractivity contribution in [2.45, 2.75) is 31.7 Å². The Morgan fingerprint density at radius 1 is 1.22 bits per heavy atom. The number of rotatable bonds is 2. The zero-order valence-electron chi connectivity index (χ0n) is 15.3. The fourth-order valence-electron chi connectivity index (χ4n) is 4.14. The lowest BCUT2D eigenvalue weighted by Crippen LogP contribution is -2.49. The summed E-state index contributed by atoms with van der Waals surface area (Å²) in [5.74, 6) is 0.756. The molecule has 1 aliphatic heterocycles. The van der Waals surface area contributed by atoms with Crippen LogP contribution in [0.25, 0.3) is 5.78 Å². The zero-order valence-corrected chi connectivity index (χ0v) is 16.2. The van der Waals surface area contributed by atoms with Gasteiger partial charge in [0, 0.05) is 30.7 Å². The largest absolute Gasteiger partial charge is 0.335 e. The Labute approximate surface area is 161 Å². The second kappa shape index (κ2) is 6.69. The van der Waals surface area contributed by atoms with Crippen molar-refractivity contribution in [3.05, 3.63) is 45.7 Å². The summed E-state index contributed by atoms with van der Waals surface area (Å²) in [5.41, 5.74) is 2.40. The number of fused-ring (bicyclic) bond motifs is 2. The summed E-state index contributed by atoms with van der Waals surface area (Å²) >= 11 is 1.70. The fraction of sp³-hybridized carbons (Fsp3) is 0.474. The van der Waals surface area contributed by atoms with Gasteiger partial charge in [0.05, 0.1) is 16.6 Å². The number of hydrogen-bond acceptors (Lipinski definition) is 6. The summed E-state index contributed by atoms with van der Waals surface area (Å²) < 4.78 is 1.78. The van der Waals surface area contributed by atoms with E-state index in [2.05, 4.69) is 33.1 Å². The van der Waals surface area contributed by atoms with Crippen LogP contribution in [-0.4, -0.2) is 62.0 Å². The van der Waals surface area contributed by atoms with Crippen LogP contribution in [0.3, 0.4) is 0 Å². The number of likely N-dealkylation sites (N-methyl/N-ethyl adjacent to an activating group) is 1. The zero-order chi connectivity index (χ0) is 18.4. The Morgan fingerprint density at radius 2 is 2.11 bits per heavy atom. The number of thiophene rings is 1. The van der Waals surface area contributed by atoms with Gasteiger partial charge in [-0.15, -0.1) is 11.3 Å². The molecule has 0 radical (unpaired) electrons. The van der Waals surface area contributed by atoms with Crippen molar-refractivity contribution in [2.75, 3.05) is 26.7 Å². The molecule has 4 heterocycles. The number of carbonyl (C=O) groups excluding carboxylic acids is 1. The Hall–Kier alpha value is -2.32. The van der Waals surface area contributed by atoms with Crippen LogP contribution in [0.2, 0.25) is 0 Å². The quantitative estimate of drug-likeness (QED) is 0.680. The highest BCUT2D eigenvalue weighted by atomic mass is 32.1. The van der Waals surface area contributed by atoms with E-state index in [0.717, 1.165) is 36.5 Å². The van der Waals surface area contributed by atoms with Gasteiger partial charge in [-0.2, -0.15) is 14.6 Å². The Bertz CT molecular complexity index is 972. The van der Waals surface area contributed by atoms with E-state index in [1.54, 1.807) is 22.0 Å². The number of aromatic nitrogens is 4. The molecule has 0 N–H and O–H groups in total. The van der Waals surface area contributed by atoms with Crippen LogP contribution < -0.4 is 0 Å². The van der Waals surface area contributed by atoms with E-state index >= 15 is 0 Å². The van der Waals surface area contributed by atoms with E-state index in [-0.39, 0.29) is 11.9 Å². The molecule has 140 valence electrons. The standard InChI is InChI=1S/C19H22N6OS/c1-23-8-9-24(18(26)17-10-13-4-2-3-5-16(13)27-17)11-15(23)14-6-7-20-19-21-12-22-25(14)19/h6-7,10,12,15H,2-5,8-9,11H2,1H3. The van der Waals surface area contributed by atoms with Crippen molar-refractivity contribution < 1.29 is 4.79 Å². The number of piperazine rings is 1. The smallest absolute Gasteiger partial charge is 0.264 e. The Kier molecular flexibility index (Phi) is 4.17. The van der Waals surface area contributed by atoms with E-state index < -0.39 is 0 Å². The lowest BCUT2D eigenvalue weighted by molar-refractivity contribution is 0.0541. The number of carbonyl (C=O) groups is 1. The van der Waals surface area contributed by atoms with E-state index in [4.69, 9.17) is 0 Å². The predicted octanol–water partition coefficient (Wildman–Crippen LogP) is 2.19. The number of hydrogen-bond donors (Lipinski definition) is 0. The third kappa shape index (κ3) is 2.93. The SMILES string of the molecule is CN1CCN(C(=O)c2cc3c(s2)CCCC3)CC1c1ccnc2ncnn12. The Morgan fingerprint density at radius 3 is 3.00 bits per heavy atom. The highest BCUT2D eigenvalue weighted by Crippen LogP contribution is 2.31. The number of aryl methyl sites for hydroxylation is 2. The normalized spacial score (nSPS) is 20.8. The van der Waals surface area contributed by atoms with Gasteiger partial charge in [0.2, 0.25) is 0 Å². The molecule has 0 bridgehead atoms. The van der Waals surface area contributed by atoms with Crippen molar-refractivity contribution in [1.29, 1.82) is 0 Å². The highest BCUT2D eigenvalue weighted by Gasteiger charge is 2.31. The molecule has 3 aromatic heterocycles. The molecule has 8 heteroatoms. The van der Waals surface area contributed by atoms with Gasteiger partial charge in [0.25, 0.3) is 11.7 Å². The van der Waals surface area contributed by atoms with Gasteiger partial charge >= 0.3 is 0 Å². The van der Waals surface area contributed by atoms with E-state index in [1.165, 1.54) is 29.6 Å². The molecule has 0 spiro atoms. The fourth-order valence-corrected chi connectivity index (χ4v) is 5.36. The molecule has 1 fully saturated rings. The molecule has 1 atom stereocenters. The maximum Gasteiger partial charge on any atom is 0.264 e. The van der Waals surface area contributed by atoms with Crippen LogP contribution >= 0.6 is 11.3 Å². The van der Waals surface area contributed by atoms with Crippen molar-refractivity contribution in [2.24, 2.45) is 0 Å². The molecule has 0 aromatic carbocycles. The maximum absolute atomic E-state index is 13.2. The molecule has 27 heavy (non-hydrogen) atoms. The summed E-state index contributed by atoms with van der Waals surface area (Å²) in [6, 6.07) is 4.18. The third-order valence-electron chi connectivity index (χ3n) is 5.69. The lowest BCUT2D eigenvalue weighted by atomic mass is 9.99. The van der Waals surface area contributed by atoms with E-state index in [1.807, 2.05) is 11.0 Å². The second-order valence-electron chi connectivity index (χ2n) is 7.36. The molecule has 1 unspecified atom stereocenters. The predicted molar refractivity (Wildman–Crippen MR) is 103 cm³/mol. The van der Waals surface area contributed by atoms with E-state index in [0.29, 0.717) is 12.3 Å². The van der Waals surface area contributed by atoms with Crippen LogP contribution in [0.15, 0.2) is 24.7 Å². The molecule has 7 nitrogen and oxygen atoms in total. The second-order valence-corrected chi connectivity index (χ2v) is 8.49. The van der Waals surface area contributed by atoms with Crippen LogP contribution in [-0.2, 0) is 12.8 Å². The molecule has 5 rings (SSSR count). The Balaban J connectivity index is 1.42. The van der Waals surface area contributed by atoms with Gasteiger partial charge in [0.15, 0.2) is 0 Å². The van der Waals surface area contributed by atoms with E-state index in [9.17, 15) is 4.79 Å². The summed E-state index contributed by atoms with van der Waals surface area (Å²) in [6.07, 6.45) is 8.01. The maximum atomic E-state index is 13.2. The van der Waals surface area contributed by atoms with Gasteiger partial charge in [-0.25, -0.2) is 4.98 Å². The van der Waals surface area contributed by atoms with Gasteiger partial charge < -0.3 is 4.90 Å². The van der Waals surface area contributed by atoms with Gasteiger partial charge in [-0.1, -0.05) is 0 Å². The van der Waals surface area contributed by atoms with Crippen LogP contribution in [0.4, 0.5) is 0 Å². The first-order chi connectivity index (χ1) is 13.2. The summed E-state index contributed by atoms with van der Waals surface area (Å²) in [6.45, 7) is 2.23. The van der Waals surface area contributed by atoms with Crippen LogP contribution in [0.5, 0.6) is 0 Å². The summed E-state index contributed by atoms with van der Waals surface area (Å²) in [7, 11) is 2.10. The molecule has 1 saturated heterocycles. The number of nitrogens with zero attached hydrogens (tertiary/aromatic N) is 6. The summed E-state index contributed by atoms with van der Waals surface area (Å²) in [4.78, 5) is 28.2. The van der Waals surface area contributed by atoms with Crippen molar-refractivity contribution >= 4 is 23.0 Å². The molecule has 0 saturated carbocycles. The number of amides is 1. The highest BCUT2D eigenvalue weighted by molar-refractivity contribution is 7.14. The van der Waals surface area contributed by atoms with Gasteiger partial charge in [0.1, 0.15) is 6.33 Å². The monoisotopic (exact) mass is 382 g/mol. The van der Waals surface area contributed by atoms with Crippen LogP contribution in [0.1, 0.15) is 44.7 Å². The molecular formula is C19H22N6OS. The first-order valence-electron chi connectivity index (χ1n) is 9.46. The molecule has 2 aliphatic rings. The first kappa shape index (κ1) is 16.8. The average Bonchev–Trinajstić information content (AvgIpc) is 3.34. The van der Waals surface area contributed by atoms with Gasteiger partial charge in [-0.05, 0) is 50.4 Å². The minimum absolute atomic E-state index is 0.0736. The van der Waals surface area contributed by atoms with Crippen molar-refractivity contribution in [3.63, 3.8) is 0 Å². The van der Waals surface area contributed by atoms with Crippen molar-refractivity contribution in [1.82, 2.24) is 29.4 Å². The summed E-state index contributed by atoms with van der Waals surface area (Å²) in [5, 5.41) is 4.32.